The second-order valence-electron chi connectivity index (χ2n) is 7.49. The third-order valence-corrected chi connectivity index (χ3v) is 4.96. The first kappa shape index (κ1) is 20.3. The molecule has 2 rings (SSSR count). The minimum absolute atomic E-state index is 0.157. The molecule has 0 aromatic carbocycles. The lowest BCUT2D eigenvalue weighted by Crippen LogP contribution is -2.49. The lowest BCUT2D eigenvalue weighted by Gasteiger charge is -2.31. The van der Waals surface area contributed by atoms with Crippen molar-refractivity contribution in [3.63, 3.8) is 0 Å². The zero-order valence-electron chi connectivity index (χ0n) is 16.3. The van der Waals surface area contributed by atoms with Crippen LogP contribution in [0.25, 0.3) is 0 Å². The highest BCUT2D eigenvalue weighted by molar-refractivity contribution is 5.85. The normalized spacial score (nSPS) is 19.0. The van der Waals surface area contributed by atoms with Gasteiger partial charge in [0.25, 0.3) is 0 Å². The summed E-state index contributed by atoms with van der Waals surface area (Å²) in [6.07, 6.45) is 5.46. The third-order valence-electron chi connectivity index (χ3n) is 4.96. The Bertz CT molecular complexity index is 602. The molecule has 1 atom stereocenters. The van der Waals surface area contributed by atoms with Gasteiger partial charge in [-0.15, -0.1) is 0 Å². The molecule has 7 heteroatoms. The van der Waals surface area contributed by atoms with Crippen molar-refractivity contribution in [3.8, 4) is 0 Å². The van der Waals surface area contributed by atoms with E-state index >= 15 is 0 Å². The molecule has 0 aliphatic heterocycles. The van der Waals surface area contributed by atoms with Crippen molar-refractivity contribution < 1.29 is 14.3 Å². The zero-order chi connectivity index (χ0) is 19.2. The number of amides is 1. The highest BCUT2D eigenvalue weighted by Gasteiger charge is 2.42. The summed E-state index contributed by atoms with van der Waals surface area (Å²) in [5, 5.41) is 17.1. The van der Waals surface area contributed by atoms with Crippen molar-refractivity contribution in [2.75, 3.05) is 33.7 Å². The van der Waals surface area contributed by atoms with Crippen LogP contribution in [0.15, 0.2) is 27.8 Å². The second-order valence-corrected chi connectivity index (χ2v) is 7.49. The maximum absolute atomic E-state index is 12.7. The minimum Gasteiger partial charge on any atom is -0.466 e. The molecule has 1 amide bonds. The van der Waals surface area contributed by atoms with Crippen molar-refractivity contribution in [2.24, 2.45) is 10.4 Å². The summed E-state index contributed by atoms with van der Waals surface area (Å²) in [5.74, 6) is 1.24. The van der Waals surface area contributed by atoms with Crippen LogP contribution in [-0.2, 0) is 10.4 Å². The molecule has 0 saturated heterocycles. The van der Waals surface area contributed by atoms with Crippen LogP contribution >= 0.6 is 0 Å². The summed E-state index contributed by atoms with van der Waals surface area (Å²) >= 11 is 0. The number of guanidine groups is 1. The number of nitrogens with one attached hydrogen (secondary N) is 2. The Morgan fingerprint density at radius 2 is 2.08 bits per heavy atom. The van der Waals surface area contributed by atoms with Crippen LogP contribution in [-0.4, -0.2) is 55.6 Å². The smallest absolute Gasteiger partial charge is 0.230 e. The highest BCUT2D eigenvalue weighted by Crippen LogP contribution is 2.38. The van der Waals surface area contributed by atoms with Gasteiger partial charge in [-0.25, -0.2) is 4.99 Å². The lowest BCUT2D eigenvalue weighted by molar-refractivity contribution is -0.138. The first-order chi connectivity index (χ1) is 12.3. The van der Waals surface area contributed by atoms with Crippen molar-refractivity contribution >= 4 is 11.9 Å². The quantitative estimate of drug-likeness (QED) is 0.506. The fourth-order valence-electron chi connectivity index (χ4n) is 3.48. The molecule has 1 aromatic heterocycles. The summed E-state index contributed by atoms with van der Waals surface area (Å²) < 4.78 is 5.30. The molecule has 1 fully saturated rings. The predicted octanol–water partition coefficient (Wildman–Crippen LogP) is 1.69. The summed E-state index contributed by atoms with van der Waals surface area (Å²) in [7, 11) is 3.62. The van der Waals surface area contributed by atoms with Crippen LogP contribution in [0.3, 0.4) is 0 Å². The molecule has 146 valence electrons. The van der Waals surface area contributed by atoms with Gasteiger partial charge in [0, 0.05) is 27.2 Å². The maximum atomic E-state index is 12.7. The fourth-order valence-corrected chi connectivity index (χ4v) is 3.48. The van der Waals surface area contributed by atoms with E-state index in [1.165, 1.54) is 6.26 Å². The first-order valence-corrected chi connectivity index (χ1v) is 9.31. The van der Waals surface area contributed by atoms with Gasteiger partial charge in [0.1, 0.15) is 11.4 Å². The summed E-state index contributed by atoms with van der Waals surface area (Å²) in [6, 6.07) is 3.48. The molecule has 3 N–H and O–H groups in total. The van der Waals surface area contributed by atoms with Crippen LogP contribution < -0.4 is 10.6 Å². The molecule has 7 nitrogen and oxygen atoms in total. The van der Waals surface area contributed by atoms with Crippen LogP contribution in [0.1, 0.15) is 45.3 Å². The number of hydrogen-bond acceptors (Lipinski definition) is 4. The molecule has 0 radical (unpaired) electrons. The van der Waals surface area contributed by atoms with E-state index < -0.39 is 5.60 Å². The number of nitrogens with zero attached hydrogens (tertiary/aromatic N) is 2. The van der Waals surface area contributed by atoms with E-state index in [0.29, 0.717) is 24.8 Å². The summed E-state index contributed by atoms with van der Waals surface area (Å²) in [5.41, 5.74) is -1.56. The molecular formula is C19H32N4O3. The predicted molar refractivity (Wildman–Crippen MR) is 102 cm³/mol. The van der Waals surface area contributed by atoms with Crippen molar-refractivity contribution in [2.45, 2.75) is 45.1 Å². The Hall–Kier alpha value is -2.02. The Balaban J connectivity index is 2.06. The summed E-state index contributed by atoms with van der Waals surface area (Å²) in [4.78, 5) is 18.9. The molecule has 1 aliphatic carbocycles. The van der Waals surface area contributed by atoms with Gasteiger partial charge in [0.2, 0.25) is 5.91 Å². The molecular weight excluding hydrogens is 332 g/mol. The van der Waals surface area contributed by atoms with Gasteiger partial charge in [-0.2, -0.15) is 0 Å². The topological polar surface area (TPSA) is 90.1 Å². The lowest BCUT2D eigenvalue weighted by atomic mass is 9.84. The second kappa shape index (κ2) is 8.58. The zero-order valence-corrected chi connectivity index (χ0v) is 16.3. The van der Waals surface area contributed by atoms with E-state index in [9.17, 15) is 9.90 Å². The Labute approximate surface area is 155 Å². The van der Waals surface area contributed by atoms with Gasteiger partial charge in [-0.1, -0.05) is 12.8 Å². The highest BCUT2D eigenvalue weighted by atomic mass is 16.4. The molecule has 0 bridgehead atoms. The number of aliphatic imine (C=N–C) groups is 1. The van der Waals surface area contributed by atoms with Crippen LogP contribution in [0.2, 0.25) is 0 Å². The van der Waals surface area contributed by atoms with Crippen LogP contribution in [0.4, 0.5) is 0 Å². The molecule has 26 heavy (non-hydrogen) atoms. The van der Waals surface area contributed by atoms with Gasteiger partial charge in [0.15, 0.2) is 5.96 Å². The number of rotatable bonds is 7. The average Bonchev–Trinajstić information content (AvgIpc) is 3.29. The standard InChI is InChI=1S/C19H32N4O3/c1-5-20-17(21-13-18(2,25)15-9-8-12-26-15)22-14-19(10-6-7-11-19)16(24)23(3)4/h8-9,12,25H,5-7,10-11,13-14H2,1-4H3,(H2,20,21,22). The van der Waals surface area contributed by atoms with Crippen LogP contribution in [0, 0.1) is 5.41 Å². The number of hydrogen-bond donors (Lipinski definition) is 3. The van der Waals surface area contributed by atoms with Crippen molar-refractivity contribution in [1.82, 2.24) is 15.5 Å². The van der Waals surface area contributed by atoms with Crippen molar-refractivity contribution in [3.05, 3.63) is 24.2 Å². The fraction of sp³-hybridized carbons (Fsp3) is 0.684. The SMILES string of the molecule is CCNC(=NCC(C)(O)c1ccco1)NCC1(C(=O)N(C)C)CCCC1. The van der Waals surface area contributed by atoms with Gasteiger partial charge in [-0.3, -0.25) is 4.79 Å². The van der Waals surface area contributed by atoms with E-state index in [1.54, 1.807) is 24.0 Å². The molecule has 1 saturated carbocycles. The Morgan fingerprint density at radius 3 is 2.62 bits per heavy atom. The largest absolute Gasteiger partial charge is 0.466 e. The number of carbonyl (C=O) groups is 1. The molecule has 1 aliphatic rings. The Morgan fingerprint density at radius 1 is 1.38 bits per heavy atom. The van der Waals surface area contributed by atoms with Gasteiger partial charge < -0.3 is 25.1 Å². The molecule has 1 aromatic rings. The first-order valence-electron chi connectivity index (χ1n) is 9.31. The monoisotopic (exact) mass is 364 g/mol. The number of furan rings is 1. The minimum atomic E-state index is -1.18. The molecule has 1 heterocycles. The van der Waals surface area contributed by atoms with E-state index in [0.717, 1.165) is 25.7 Å². The van der Waals surface area contributed by atoms with Gasteiger partial charge >= 0.3 is 0 Å². The van der Waals surface area contributed by atoms with Crippen molar-refractivity contribution in [1.29, 1.82) is 0 Å². The molecule has 0 spiro atoms. The van der Waals surface area contributed by atoms with Gasteiger partial charge in [0.05, 0.1) is 18.2 Å². The maximum Gasteiger partial charge on any atom is 0.230 e. The Kier molecular flexibility index (Phi) is 6.69. The van der Waals surface area contributed by atoms with E-state index in [-0.39, 0.29) is 17.9 Å². The van der Waals surface area contributed by atoms with E-state index in [2.05, 4.69) is 15.6 Å². The van der Waals surface area contributed by atoms with Crippen LogP contribution in [0.5, 0.6) is 0 Å². The third kappa shape index (κ3) is 4.78. The molecule has 1 unspecified atom stereocenters. The number of carbonyl (C=O) groups excluding carboxylic acids is 1. The number of aliphatic hydroxyl groups is 1. The summed E-state index contributed by atoms with van der Waals surface area (Å²) in [6.45, 7) is 5.05. The average molecular weight is 364 g/mol. The van der Waals surface area contributed by atoms with E-state index in [1.807, 2.05) is 21.0 Å². The van der Waals surface area contributed by atoms with E-state index in [4.69, 9.17) is 4.42 Å². The van der Waals surface area contributed by atoms with Gasteiger partial charge in [-0.05, 0) is 38.8 Å².